The van der Waals surface area contributed by atoms with Crippen LogP contribution in [0.3, 0.4) is 0 Å². The van der Waals surface area contributed by atoms with Gasteiger partial charge < -0.3 is 10.4 Å². The zero-order chi connectivity index (χ0) is 7.84. The van der Waals surface area contributed by atoms with Gasteiger partial charge in [-0.25, -0.2) is 4.79 Å². The van der Waals surface area contributed by atoms with Gasteiger partial charge in [-0.1, -0.05) is 0 Å². The van der Waals surface area contributed by atoms with Gasteiger partial charge in [-0.05, 0) is 12.8 Å². The first-order valence-corrected chi connectivity index (χ1v) is 3.81. The van der Waals surface area contributed by atoms with E-state index in [0.29, 0.717) is 12.5 Å². The topological polar surface area (TPSA) is 61.7 Å². The Kier molecular flexibility index (Phi) is 1.34. The molecule has 1 unspecified atom stereocenters. The summed E-state index contributed by atoms with van der Waals surface area (Å²) in [6.07, 6.45) is 2.33. The highest BCUT2D eigenvalue weighted by molar-refractivity contribution is 5.92. The zero-order valence-corrected chi connectivity index (χ0v) is 6.08. The van der Waals surface area contributed by atoms with Crippen molar-refractivity contribution in [2.75, 3.05) is 6.54 Å². The van der Waals surface area contributed by atoms with Gasteiger partial charge in [0.05, 0.1) is 6.54 Å². The number of nitrogens with zero attached hydrogens (tertiary/aromatic N) is 1. The number of aliphatic carboxylic acids is 1. The summed E-state index contributed by atoms with van der Waals surface area (Å²) in [4.78, 5) is 14.6. The Bertz CT molecular complexity index is 220. The maximum absolute atomic E-state index is 10.5. The van der Waals surface area contributed by atoms with E-state index in [4.69, 9.17) is 5.11 Å². The van der Waals surface area contributed by atoms with Crippen LogP contribution < -0.4 is 5.32 Å². The molecule has 4 heteroatoms. The Balaban J connectivity index is 1.94. The number of hydrogen-bond acceptors (Lipinski definition) is 3. The molecule has 60 valence electrons. The second kappa shape index (κ2) is 2.22. The maximum Gasteiger partial charge on any atom is 0.328 e. The number of carbonyl (C=O) groups is 1. The van der Waals surface area contributed by atoms with E-state index in [-0.39, 0.29) is 0 Å². The van der Waals surface area contributed by atoms with E-state index < -0.39 is 12.0 Å². The first kappa shape index (κ1) is 6.64. The second-order valence-electron chi connectivity index (χ2n) is 3.04. The predicted octanol–water partition coefficient (Wildman–Crippen LogP) is -0.149. The molecule has 4 nitrogen and oxygen atoms in total. The number of nitrogens with one attached hydrogen (secondary N) is 1. The van der Waals surface area contributed by atoms with Crippen molar-refractivity contribution in [2.24, 2.45) is 10.9 Å². The van der Waals surface area contributed by atoms with Gasteiger partial charge in [-0.2, -0.15) is 0 Å². The van der Waals surface area contributed by atoms with Crippen LogP contribution in [-0.2, 0) is 4.79 Å². The number of carboxylic acid groups (broad SMARTS) is 1. The lowest BCUT2D eigenvalue weighted by Gasteiger charge is -2.04. The number of amidine groups is 1. The van der Waals surface area contributed by atoms with Crippen LogP contribution in [0.4, 0.5) is 0 Å². The molecule has 0 aromatic rings. The highest BCUT2D eigenvalue weighted by atomic mass is 16.4. The quantitative estimate of drug-likeness (QED) is 0.581. The average molecular weight is 154 g/mol. The largest absolute Gasteiger partial charge is 0.480 e. The summed E-state index contributed by atoms with van der Waals surface area (Å²) in [5.41, 5.74) is 0. The molecule has 1 fully saturated rings. The normalized spacial score (nSPS) is 29.5. The molecule has 1 heterocycles. The fourth-order valence-corrected chi connectivity index (χ4v) is 1.20. The molecule has 0 bridgehead atoms. The van der Waals surface area contributed by atoms with Crippen molar-refractivity contribution < 1.29 is 9.90 Å². The van der Waals surface area contributed by atoms with E-state index in [0.717, 1.165) is 18.7 Å². The molecule has 0 aromatic carbocycles. The standard InChI is InChI=1S/C7H10N2O2/c10-7(11)5-3-8-6(9-5)4-1-2-4/h4-5H,1-3H2,(H,8,9)(H,10,11). The maximum atomic E-state index is 10.5. The molecule has 1 saturated carbocycles. The summed E-state index contributed by atoms with van der Waals surface area (Å²) in [7, 11) is 0. The van der Waals surface area contributed by atoms with E-state index in [1.54, 1.807) is 0 Å². The van der Waals surface area contributed by atoms with E-state index in [1.807, 2.05) is 0 Å². The van der Waals surface area contributed by atoms with Gasteiger partial charge in [-0.3, -0.25) is 4.99 Å². The monoisotopic (exact) mass is 154 g/mol. The highest BCUT2D eigenvalue weighted by Gasteiger charge is 2.33. The summed E-state index contributed by atoms with van der Waals surface area (Å²) >= 11 is 0. The molecule has 0 spiro atoms. The van der Waals surface area contributed by atoms with Crippen molar-refractivity contribution in [3.05, 3.63) is 0 Å². The van der Waals surface area contributed by atoms with E-state index in [1.165, 1.54) is 0 Å². The second-order valence-corrected chi connectivity index (χ2v) is 3.04. The first-order valence-electron chi connectivity index (χ1n) is 3.81. The van der Waals surface area contributed by atoms with Gasteiger partial charge in [0, 0.05) is 5.92 Å². The van der Waals surface area contributed by atoms with Crippen molar-refractivity contribution in [1.82, 2.24) is 5.32 Å². The lowest BCUT2D eigenvalue weighted by atomic mass is 10.3. The van der Waals surface area contributed by atoms with Crippen LogP contribution in [0.15, 0.2) is 4.99 Å². The van der Waals surface area contributed by atoms with Gasteiger partial charge in [0.25, 0.3) is 0 Å². The van der Waals surface area contributed by atoms with Gasteiger partial charge in [0.2, 0.25) is 0 Å². The molecular formula is C7H10N2O2. The number of rotatable bonds is 2. The molecule has 1 atom stereocenters. The SMILES string of the molecule is O=C(O)C1CN=C(C2CC2)N1. The van der Waals surface area contributed by atoms with Crippen LogP contribution in [0.5, 0.6) is 0 Å². The molecule has 2 aliphatic rings. The molecule has 2 rings (SSSR count). The lowest BCUT2D eigenvalue weighted by Crippen LogP contribution is -2.37. The van der Waals surface area contributed by atoms with Gasteiger partial charge in [-0.15, -0.1) is 0 Å². The van der Waals surface area contributed by atoms with Crippen molar-refractivity contribution in [3.63, 3.8) is 0 Å². The number of aliphatic imine (C=N–C) groups is 1. The summed E-state index contributed by atoms with van der Waals surface area (Å²) in [5, 5.41) is 11.5. The number of carboxylic acids is 1. The molecular weight excluding hydrogens is 144 g/mol. The van der Waals surface area contributed by atoms with Crippen molar-refractivity contribution in [1.29, 1.82) is 0 Å². The van der Waals surface area contributed by atoms with Crippen LogP contribution in [0, 0.1) is 5.92 Å². The van der Waals surface area contributed by atoms with Crippen molar-refractivity contribution in [3.8, 4) is 0 Å². The highest BCUT2D eigenvalue weighted by Crippen LogP contribution is 2.30. The third kappa shape index (κ3) is 1.20. The van der Waals surface area contributed by atoms with Gasteiger partial charge in [0.15, 0.2) is 0 Å². The third-order valence-corrected chi connectivity index (χ3v) is 2.03. The summed E-state index contributed by atoms with van der Waals surface area (Å²) in [6, 6.07) is -0.467. The Morgan fingerprint density at radius 1 is 1.64 bits per heavy atom. The zero-order valence-electron chi connectivity index (χ0n) is 6.08. The summed E-state index contributed by atoms with van der Waals surface area (Å²) in [5.74, 6) is 0.654. The summed E-state index contributed by atoms with van der Waals surface area (Å²) in [6.45, 7) is 0.404. The minimum absolute atomic E-state index is 0.404. The Hall–Kier alpha value is -1.06. The van der Waals surface area contributed by atoms with Crippen LogP contribution in [0.25, 0.3) is 0 Å². The Labute approximate surface area is 64.3 Å². The van der Waals surface area contributed by atoms with Gasteiger partial charge >= 0.3 is 5.97 Å². The molecule has 0 saturated heterocycles. The van der Waals surface area contributed by atoms with E-state index in [9.17, 15) is 4.79 Å². The smallest absolute Gasteiger partial charge is 0.328 e. The predicted molar refractivity (Wildman–Crippen MR) is 39.6 cm³/mol. The Morgan fingerprint density at radius 3 is 2.82 bits per heavy atom. The summed E-state index contributed by atoms with van der Waals surface area (Å²) < 4.78 is 0. The molecule has 2 N–H and O–H groups in total. The molecule has 0 amide bonds. The molecule has 1 aliphatic carbocycles. The average Bonchev–Trinajstić information content (AvgIpc) is 2.68. The molecule has 11 heavy (non-hydrogen) atoms. The molecule has 1 aliphatic heterocycles. The van der Waals surface area contributed by atoms with E-state index >= 15 is 0 Å². The van der Waals surface area contributed by atoms with Crippen LogP contribution in [0.1, 0.15) is 12.8 Å². The fourth-order valence-electron chi connectivity index (χ4n) is 1.20. The minimum Gasteiger partial charge on any atom is -0.480 e. The van der Waals surface area contributed by atoms with Crippen LogP contribution in [0.2, 0.25) is 0 Å². The third-order valence-electron chi connectivity index (χ3n) is 2.03. The van der Waals surface area contributed by atoms with Gasteiger partial charge in [0.1, 0.15) is 11.9 Å². The first-order chi connectivity index (χ1) is 5.27. The number of hydrogen-bond donors (Lipinski definition) is 2. The van der Waals surface area contributed by atoms with Crippen LogP contribution >= 0.6 is 0 Å². The minimum atomic E-state index is -0.801. The van der Waals surface area contributed by atoms with Crippen molar-refractivity contribution in [2.45, 2.75) is 18.9 Å². The van der Waals surface area contributed by atoms with Crippen molar-refractivity contribution >= 4 is 11.8 Å². The molecule has 0 radical (unpaired) electrons. The molecule has 0 aromatic heterocycles. The van der Waals surface area contributed by atoms with Crippen LogP contribution in [-0.4, -0.2) is 29.5 Å². The Morgan fingerprint density at radius 2 is 2.36 bits per heavy atom. The van der Waals surface area contributed by atoms with E-state index in [2.05, 4.69) is 10.3 Å². The lowest BCUT2D eigenvalue weighted by molar-refractivity contribution is -0.138. The fraction of sp³-hybridized carbons (Fsp3) is 0.714.